The van der Waals surface area contributed by atoms with E-state index in [1.807, 2.05) is 0 Å². The Labute approximate surface area is 90.0 Å². The number of carbonyl (C=O) groups excluding carboxylic acids is 2. The molecule has 0 rings (SSSR count). The van der Waals surface area contributed by atoms with Gasteiger partial charge in [0, 0.05) is 5.57 Å². The lowest BCUT2D eigenvalue weighted by atomic mass is 10.1. The Bertz CT molecular complexity index is 238. The van der Waals surface area contributed by atoms with Crippen LogP contribution in [0.5, 0.6) is 0 Å². The lowest BCUT2D eigenvalue weighted by Crippen LogP contribution is -2.16. The highest BCUT2D eigenvalue weighted by atomic mass is 16.5. The van der Waals surface area contributed by atoms with E-state index in [1.54, 1.807) is 13.8 Å². The van der Waals surface area contributed by atoms with Crippen molar-refractivity contribution in [2.45, 2.75) is 20.3 Å². The Morgan fingerprint density at radius 2 is 1.93 bits per heavy atom. The van der Waals surface area contributed by atoms with Crippen LogP contribution in [0, 0.1) is 5.92 Å². The molecule has 0 aromatic rings. The fourth-order valence-electron chi connectivity index (χ4n) is 0.771. The van der Waals surface area contributed by atoms with Gasteiger partial charge in [-0.3, -0.25) is 4.79 Å². The fraction of sp³-hybridized carbons (Fsp3) is 0.600. The van der Waals surface area contributed by atoms with Gasteiger partial charge in [-0.05, 0) is 13.3 Å². The molecule has 0 saturated heterocycles. The van der Waals surface area contributed by atoms with Gasteiger partial charge in [-0.2, -0.15) is 0 Å². The maximum atomic E-state index is 10.9. The van der Waals surface area contributed by atoms with Crippen LogP contribution in [-0.2, 0) is 19.1 Å². The smallest absolute Gasteiger partial charge is 0.333 e. The van der Waals surface area contributed by atoms with Gasteiger partial charge < -0.3 is 15.6 Å². The Hall–Kier alpha value is -1.36. The summed E-state index contributed by atoms with van der Waals surface area (Å²) in [7, 11) is 1.33. The highest BCUT2D eigenvalue weighted by molar-refractivity contribution is 5.86. The third-order valence-electron chi connectivity index (χ3n) is 1.74. The minimum absolute atomic E-state index is 0. The SMILES string of the molecule is C=C(C)C(=O)OCCC(C)C(=O)OC.N. The van der Waals surface area contributed by atoms with Gasteiger partial charge >= 0.3 is 11.9 Å². The molecule has 0 fully saturated rings. The molecule has 1 unspecified atom stereocenters. The predicted molar refractivity (Wildman–Crippen MR) is 56.6 cm³/mol. The van der Waals surface area contributed by atoms with Crippen LogP contribution in [0.4, 0.5) is 0 Å². The van der Waals surface area contributed by atoms with Crippen molar-refractivity contribution in [3.05, 3.63) is 12.2 Å². The number of methoxy groups -OCH3 is 1. The molecule has 0 heterocycles. The van der Waals surface area contributed by atoms with E-state index in [-0.39, 0.29) is 24.6 Å². The molecule has 0 radical (unpaired) electrons. The lowest BCUT2D eigenvalue weighted by molar-refractivity contribution is -0.147. The Kier molecular flexibility index (Phi) is 8.57. The van der Waals surface area contributed by atoms with E-state index >= 15 is 0 Å². The summed E-state index contributed by atoms with van der Waals surface area (Å²) in [4.78, 5) is 21.9. The van der Waals surface area contributed by atoms with Crippen LogP contribution in [0.15, 0.2) is 12.2 Å². The summed E-state index contributed by atoms with van der Waals surface area (Å²) in [6.45, 7) is 6.95. The third kappa shape index (κ3) is 6.68. The van der Waals surface area contributed by atoms with Gasteiger partial charge in [0.05, 0.1) is 19.6 Å². The number of hydrogen-bond acceptors (Lipinski definition) is 5. The molecule has 0 bridgehead atoms. The molecule has 5 heteroatoms. The number of rotatable bonds is 5. The van der Waals surface area contributed by atoms with E-state index in [2.05, 4.69) is 11.3 Å². The van der Waals surface area contributed by atoms with Crippen LogP contribution in [0.2, 0.25) is 0 Å². The first-order valence-electron chi connectivity index (χ1n) is 4.39. The number of ether oxygens (including phenoxy) is 2. The molecule has 0 aliphatic carbocycles. The van der Waals surface area contributed by atoms with Crippen molar-refractivity contribution >= 4 is 11.9 Å². The van der Waals surface area contributed by atoms with Crippen molar-refractivity contribution in [2.75, 3.05) is 13.7 Å². The van der Waals surface area contributed by atoms with Crippen molar-refractivity contribution in [3.8, 4) is 0 Å². The maximum absolute atomic E-state index is 10.9. The van der Waals surface area contributed by atoms with Crippen LogP contribution >= 0.6 is 0 Å². The molecule has 0 spiro atoms. The second kappa shape index (κ2) is 7.99. The minimum Gasteiger partial charge on any atom is -0.469 e. The average molecular weight is 217 g/mol. The zero-order valence-electron chi connectivity index (χ0n) is 9.54. The fourth-order valence-corrected chi connectivity index (χ4v) is 0.771. The van der Waals surface area contributed by atoms with E-state index < -0.39 is 5.97 Å². The molecule has 3 N–H and O–H groups in total. The Morgan fingerprint density at radius 1 is 1.40 bits per heavy atom. The molecule has 0 aliphatic heterocycles. The van der Waals surface area contributed by atoms with E-state index in [0.29, 0.717) is 12.0 Å². The topological polar surface area (TPSA) is 87.6 Å². The third-order valence-corrected chi connectivity index (χ3v) is 1.74. The summed E-state index contributed by atoms with van der Waals surface area (Å²) in [5.74, 6) is -0.976. The molecular weight excluding hydrogens is 198 g/mol. The van der Waals surface area contributed by atoms with Gasteiger partial charge in [0.15, 0.2) is 0 Å². The maximum Gasteiger partial charge on any atom is 0.333 e. The van der Waals surface area contributed by atoms with E-state index in [9.17, 15) is 9.59 Å². The van der Waals surface area contributed by atoms with Crippen molar-refractivity contribution in [3.63, 3.8) is 0 Å². The Balaban J connectivity index is 0. The summed E-state index contributed by atoms with van der Waals surface area (Å²) >= 11 is 0. The van der Waals surface area contributed by atoms with Gasteiger partial charge in [0.1, 0.15) is 0 Å². The number of esters is 2. The predicted octanol–water partition coefficient (Wildman–Crippen LogP) is 1.47. The summed E-state index contributed by atoms with van der Waals surface area (Å²) in [6, 6.07) is 0. The van der Waals surface area contributed by atoms with Gasteiger partial charge in [-0.15, -0.1) is 0 Å². The number of carbonyl (C=O) groups is 2. The Morgan fingerprint density at radius 3 is 2.33 bits per heavy atom. The van der Waals surface area contributed by atoms with Gasteiger partial charge in [-0.25, -0.2) is 4.79 Å². The van der Waals surface area contributed by atoms with Crippen LogP contribution in [0.25, 0.3) is 0 Å². The normalized spacial score (nSPS) is 10.9. The standard InChI is InChI=1S/C10H16O4.H3N/c1-7(2)9(11)14-6-5-8(3)10(12)13-4;/h8H,1,5-6H2,2-4H3;1H3. The van der Waals surface area contributed by atoms with Gasteiger partial charge in [-0.1, -0.05) is 13.5 Å². The molecule has 1 atom stereocenters. The molecular formula is C10H19NO4. The summed E-state index contributed by atoms with van der Waals surface area (Å²) < 4.78 is 9.34. The van der Waals surface area contributed by atoms with Crippen molar-refractivity contribution < 1.29 is 19.1 Å². The molecule has 0 saturated carbocycles. The summed E-state index contributed by atoms with van der Waals surface area (Å²) in [6.07, 6.45) is 0.464. The largest absolute Gasteiger partial charge is 0.469 e. The first-order valence-corrected chi connectivity index (χ1v) is 4.39. The van der Waals surface area contributed by atoms with Crippen LogP contribution in [0.1, 0.15) is 20.3 Å². The molecule has 0 aromatic carbocycles. The zero-order chi connectivity index (χ0) is 11.1. The van der Waals surface area contributed by atoms with Crippen LogP contribution in [-0.4, -0.2) is 25.7 Å². The quantitative estimate of drug-likeness (QED) is 0.556. The van der Waals surface area contributed by atoms with E-state index in [4.69, 9.17) is 4.74 Å². The lowest BCUT2D eigenvalue weighted by Gasteiger charge is -2.09. The molecule has 0 aliphatic rings. The molecule has 0 aromatic heterocycles. The summed E-state index contributed by atoms with van der Waals surface area (Å²) in [5, 5.41) is 0. The van der Waals surface area contributed by atoms with Gasteiger partial charge in [0.25, 0.3) is 0 Å². The molecule has 5 nitrogen and oxygen atoms in total. The van der Waals surface area contributed by atoms with Crippen molar-refractivity contribution in [2.24, 2.45) is 5.92 Å². The second-order valence-electron chi connectivity index (χ2n) is 3.13. The monoisotopic (exact) mass is 217 g/mol. The van der Waals surface area contributed by atoms with Gasteiger partial charge in [0.2, 0.25) is 0 Å². The van der Waals surface area contributed by atoms with Crippen LogP contribution in [0.3, 0.4) is 0 Å². The van der Waals surface area contributed by atoms with Crippen LogP contribution < -0.4 is 6.15 Å². The molecule has 0 amide bonds. The van der Waals surface area contributed by atoms with E-state index in [0.717, 1.165) is 0 Å². The highest BCUT2D eigenvalue weighted by Gasteiger charge is 2.13. The minimum atomic E-state index is -0.429. The highest BCUT2D eigenvalue weighted by Crippen LogP contribution is 2.04. The molecule has 88 valence electrons. The zero-order valence-corrected chi connectivity index (χ0v) is 9.54. The second-order valence-corrected chi connectivity index (χ2v) is 3.13. The van der Waals surface area contributed by atoms with E-state index in [1.165, 1.54) is 7.11 Å². The average Bonchev–Trinajstić information content (AvgIpc) is 2.15. The first-order chi connectivity index (χ1) is 6.49. The van der Waals surface area contributed by atoms with Crippen molar-refractivity contribution in [1.82, 2.24) is 6.15 Å². The summed E-state index contributed by atoms with van der Waals surface area (Å²) in [5.41, 5.74) is 0.357. The van der Waals surface area contributed by atoms with Crippen molar-refractivity contribution in [1.29, 1.82) is 0 Å². The first kappa shape index (κ1) is 16.1. The molecule has 15 heavy (non-hydrogen) atoms. The number of hydrogen-bond donors (Lipinski definition) is 1.